The van der Waals surface area contributed by atoms with Gasteiger partial charge in [-0.3, -0.25) is 19.3 Å². The number of Topliss-reactive ketones (excluding diaryl/α,β-unsaturated/α-hetero) is 2. The average Bonchev–Trinajstić information content (AvgIpc) is 2.93. The van der Waals surface area contributed by atoms with E-state index in [4.69, 9.17) is 5.73 Å². The monoisotopic (exact) mass is 590 g/mol. The summed E-state index contributed by atoms with van der Waals surface area (Å²) in [7, 11) is 7.22. The number of allylic oxidation sites excluding steroid dienone is 1. The molecule has 0 saturated heterocycles. The number of phenols is 1. The van der Waals surface area contributed by atoms with Gasteiger partial charge in [-0.05, 0) is 81.3 Å². The van der Waals surface area contributed by atoms with Crippen molar-refractivity contribution in [2.45, 2.75) is 31.0 Å². The second-order valence-electron chi connectivity index (χ2n) is 12.1. The summed E-state index contributed by atoms with van der Waals surface area (Å²) < 4.78 is 0. The summed E-state index contributed by atoms with van der Waals surface area (Å²) in [5, 5.41) is 48.5. The van der Waals surface area contributed by atoms with Gasteiger partial charge >= 0.3 is 0 Å². The van der Waals surface area contributed by atoms with Gasteiger partial charge in [0.15, 0.2) is 11.4 Å². The number of nitrogens with zero attached hydrogens (tertiary/aromatic N) is 2. The van der Waals surface area contributed by atoms with Crippen molar-refractivity contribution in [2.24, 2.45) is 17.6 Å². The number of benzene rings is 2. The number of hydrogen-bond donors (Lipinski definition) is 6. The Kier molecular flexibility index (Phi) is 7.95. The maximum absolute atomic E-state index is 14.0. The third kappa shape index (κ3) is 4.92. The van der Waals surface area contributed by atoms with Crippen molar-refractivity contribution in [3.63, 3.8) is 0 Å². The molecule has 228 valence electrons. The lowest BCUT2D eigenvalue weighted by Gasteiger charge is -2.50. The third-order valence-corrected chi connectivity index (χ3v) is 8.91. The van der Waals surface area contributed by atoms with Crippen molar-refractivity contribution in [3.8, 4) is 16.9 Å². The van der Waals surface area contributed by atoms with Gasteiger partial charge < -0.3 is 36.4 Å². The number of carbonyl (C=O) groups is 3. The Hall–Kier alpha value is -4.03. The summed E-state index contributed by atoms with van der Waals surface area (Å²) in [5.41, 5.74) is 4.97. The molecule has 0 aliphatic heterocycles. The summed E-state index contributed by atoms with van der Waals surface area (Å²) in [6.45, 7) is 2.36. The van der Waals surface area contributed by atoms with Crippen molar-refractivity contribution in [1.29, 1.82) is 0 Å². The Balaban J connectivity index is 1.59. The Morgan fingerprint density at radius 1 is 1.09 bits per heavy atom. The number of hydrogen-bond acceptors (Lipinski definition) is 10. The normalized spacial score (nSPS) is 25.2. The summed E-state index contributed by atoms with van der Waals surface area (Å²) in [6.07, 6.45) is 0.264. The standard InChI is InChI=1S/C32H38N4O7/c1-35(2)11-10-34-15-16-6-5-7-17(12-16)19-8-9-22(37)24-20(19)13-18-14-21-26(36(3)4)28(39)25(31(33)42)30(41)32(21,43)29(40)23(18)27(24)38/h5-9,12,18,21,26,34,37,39-40,43H,10-11,13-15H2,1-4H3,(H2,33,42)/t18-,21-,26-,32-/m0/s1. The van der Waals surface area contributed by atoms with Crippen LogP contribution in [0.5, 0.6) is 5.75 Å². The maximum Gasteiger partial charge on any atom is 0.255 e. The third-order valence-electron chi connectivity index (χ3n) is 8.91. The highest BCUT2D eigenvalue weighted by atomic mass is 16.3. The van der Waals surface area contributed by atoms with Crippen molar-refractivity contribution in [3.05, 3.63) is 75.8 Å². The van der Waals surface area contributed by atoms with Crippen LogP contribution in [0.1, 0.15) is 27.9 Å². The molecule has 0 fully saturated rings. The zero-order valence-electron chi connectivity index (χ0n) is 24.7. The molecule has 2 aromatic rings. The van der Waals surface area contributed by atoms with Crippen LogP contribution in [0.15, 0.2) is 59.1 Å². The van der Waals surface area contributed by atoms with Crippen LogP contribution in [0, 0.1) is 11.8 Å². The molecule has 5 rings (SSSR count). The molecule has 2 aromatic carbocycles. The fourth-order valence-electron chi connectivity index (χ4n) is 6.91. The lowest BCUT2D eigenvalue weighted by atomic mass is 9.58. The lowest BCUT2D eigenvalue weighted by Crippen LogP contribution is -2.63. The molecule has 3 aliphatic carbocycles. The van der Waals surface area contributed by atoms with Gasteiger partial charge in [0, 0.05) is 31.1 Å². The second-order valence-corrected chi connectivity index (χ2v) is 12.1. The van der Waals surface area contributed by atoms with Crippen molar-refractivity contribution < 1.29 is 34.8 Å². The first-order valence-corrected chi connectivity index (χ1v) is 14.2. The molecule has 0 aromatic heterocycles. The number of nitrogens with one attached hydrogen (secondary N) is 1. The number of ketones is 2. The van der Waals surface area contributed by atoms with E-state index in [9.17, 15) is 34.8 Å². The lowest BCUT2D eigenvalue weighted by molar-refractivity contribution is -0.148. The number of aliphatic hydroxyl groups is 3. The molecule has 0 spiro atoms. The molecule has 0 bridgehead atoms. The van der Waals surface area contributed by atoms with Gasteiger partial charge in [-0.1, -0.05) is 24.3 Å². The van der Waals surface area contributed by atoms with Gasteiger partial charge in [0.05, 0.1) is 11.6 Å². The Morgan fingerprint density at radius 2 is 1.81 bits per heavy atom. The van der Waals surface area contributed by atoms with Crippen LogP contribution in [-0.2, 0) is 22.6 Å². The number of carbonyl (C=O) groups excluding carboxylic acids is 3. The summed E-state index contributed by atoms with van der Waals surface area (Å²) >= 11 is 0. The highest BCUT2D eigenvalue weighted by Gasteiger charge is 2.63. The minimum absolute atomic E-state index is 0.00667. The predicted octanol–water partition coefficient (Wildman–Crippen LogP) is 1.44. The van der Waals surface area contributed by atoms with Crippen molar-refractivity contribution >= 4 is 17.5 Å². The van der Waals surface area contributed by atoms with Crippen LogP contribution < -0.4 is 11.1 Å². The molecule has 43 heavy (non-hydrogen) atoms. The first-order chi connectivity index (χ1) is 20.3. The van der Waals surface area contributed by atoms with Gasteiger partial charge in [0.1, 0.15) is 22.8 Å². The molecule has 0 saturated carbocycles. The van der Waals surface area contributed by atoms with Crippen LogP contribution >= 0.6 is 0 Å². The zero-order chi connectivity index (χ0) is 31.4. The minimum atomic E-state index is -2.66. The molecule has 3 aliphatic rings. The van der Waals surface area contributed by atoms with E-state index < -0.39 is 58.0 Å². The van der Waals surface area contributed by atoms with E-state index in [1.807, 2.05) is 38.4 Å². The predicted molar refractivity (Wildman–Crippen MR) is 159 cm³/mol. The molecular formula is C32H38N4O7. The van der Waals surface area contributed by atoms with Crippen LogP contribution in [-0.4, -0.2) is 101 Å². The maximum atomic E-state index is 14.0. The number of fused-ring (bicyclic) bond motifs is 3. The van der Waals surface area contributed by atoms with E-state index in [0.29, 0.717) is 12.1 Å². The van der Waals surface area contributed by atoms with Gasteiger partial charge in [-0.15, -0.1) is 0 Å². The second kappa shape index (κ2) is 11.2. The first kappa shape index (κ1) is 30.4. The number of phenolic OH excluding ortho intramolecular Hbond substituents is 1. The fourth-order valence-corrected chi connectivity index (χ4v) is 6.91. The fraction of sp³-hybridized carbons (Fsp3) is 0.406. The number of likely N-dealkylation sites (N-methyl/N-ethyl adjacent to an activating group) is 2. The molecule has 11 heteroatoms. The summed E-state index contributed by atoms with van der Waals surface area (Å²) in [4.78, 5) is 43.3. The average molecular weight is 591 g/mol. The van der Waals surface area contributed by atoms with Crippen molar-refractivity contribution in [1.82, 2.24) is 15.1 Å². The van der Waals surface area contributed by atoms with Crippen molar-refractivity contribution in [2.75, 3.05) is 41.3 Å². The van der Waals surface area contributed by atoms with E-state index >= 15 is 0 Å². The molecule has 11 nitrogen and oxygen atoms in total. The highest BCUT2D eigenvalue weighted by molar-refractivity contribution is 6.24. The zero-order valence-corrected chi connectivity index (χ0v) is 24.7. The number of aliphatic hydroxyl groups excluding tert-OH is 2. The highest BCUT2D eigenvalue weighted by Crippen LogP contribution is 2.53. The number of nitrogens with two attached hydrogens (primary N) is 1. The van der Waals surface area contributed by atoms with Gasteiger partial charge in [0.25, 0.3) is 5.91 Å². The molecule has 1 amide bonds. The topological polar surface area (TPSA) is 177 Å². The smallest absolute Gasteiger partial charge is 0.255 e. The van der Waals surface area contributed by atoms with E-state index in [1.54, 1.807) is 20.2 Å². The molecule has 0 heterocycles. The molecule has 0 unspecified atom stereocenters. The van der Waals surface area contributed by atoms with Gasteiger partial charge in [-0.2, -0.15) is 0 Å². The molecular weight excluding hydrogens is 552 g/mol. The minimum Gasteiger partial charge on any atom is -0.510 e. The van der Waals surface area contributed by atoms with Crippen LogP contribution in [0.3, 0.4) is 0 Å². The molecule has 7 N–H and O–H groups in total. The van der Waals surface area contributed by atoms with E-state index in [-0.39, 0.29) is 29.7 Å². The van der Waals surface area contributed by atoms with E-state index in [1.165, 1.54) is 11.0 Å². The summed E-state index contributed by atoms with van der Waals surface area (Å²) in [5.74, 6) is -6.66. The number of rotatable bonds is 8. The van der Waals surface area contributed by atoms with Gasteiger partial charge in [0.2, 0.25) is 5.78 Å². The van der Waals surface area contributed by atoms with Crippen LogP contribution in [0.25, 0.3) is 11.1 Å². The number of primary amides is 1. The summed E-state index contributed by atoms with van der Waals surface area (Å²) in [6, 6.07) is 10.0. The van der Waals surface area contributed by atoms with E-state index in [2.05, 4.69) is 10.2 Å². The Labute approximate surface area is 249 Å². The van der Waals surface area contributed by atoms with E-state index in [0.717, 1.165) is 29.8 Å². The first-order valence-electron chi connectivity index (χ1n) is 14.2. The molecule has 4 atom stereocenters. The largest absolute Gasteiger partial charge is 0.510 e. The Morgan fingerprint density at radius 3 is 2.47 bits per heavy atom. The Bertz CT molecular complexity index is 1580. The molecule has 0 radical (unpaired) electrons. The number of aromatic hydroxyl groups is 1. The number of amides is 1. The SMILES string of the molecule is CN(C)CCNCc1cccc(-c2ccc(O)c3c2C[C@H]2C[C@H]4[C@H](N(C)C)C(O)=C(C(N)=O)C(=O)[C@@]4(O)C(O)=C2C3=O)c1. The van der Waals surface area contributed by atoms with Crippen LogP contribution in [0.4, 0.5) is 0 Å². The van der Waals surface area contributed by atoms with Crippen LogP contribution in [0.2, 0.25) is 0 Å². The quantitative estimate of drug-likeness (QED) is 0.195. The van der Waals surface area contributed by atoms with Gasteiger partial charge in [-0.25, -0.2) is 0 Å².